The van der Waals surface area contributed by atoms with Crippen LogP contribution in [0.25, 0.3) is 0 Å². The van der Waals surface area contributed by atoms with Crippen LogP contribution in [0.4, 0.5) is 0 Å². The molecule has 1 N–H and O–H groups in total. The van der Waals surface area contributed by atoms with Gasteiger partial charge in [0, 0.05) is 38.7 Å². The molecule has 4 rings (SSSR count). The third kappa shape index (κ3) is 4.37. The van der Waals surface area contributed by atoms with E-state index in [0.717, 1.165) is 38.6 Å². The van der Waals surface area contributed by atoms with Crippen LogP contribution in [0.1, 0.15) is 49.7 Å². The van der Waals surface area contributed by atoms with Crippen LogP contribution in [-0.2, 0) is 27.7 Å². The highest BCUT2D eigenvalue weighted by Crippen LogP contribution is 2.29. The Labute approximate surface area is 173 Å². The van der Waals surface area contributed by atoms with Crippen molar-refractivity contribution in [1.82, 2.24) is 9.21 Å². The molecule has 1 aromatic rings. The van der Waals surface area contributed by atoms with Crippen molar-refractivity contribution < 1.29 is 18.3 Å². The summed E-state index contributed by atoms with van der Waals surface area (Å²) in [7, 11) is -3.51. The first-order valence-electron chi connectivity index (χ1n) is 11.0. The van der Waals surface area contributed by atoms with E-state index in [9.17, 15) is 18.3 Å². The number of aliphatic hydroxyl groups excluding tert-OH is 1. The van der Waals surface area contributed by atoms with Gasteiger partial charge in [0.25, 0.3) is 0 Å². The molecule has 0 saturated carbocycles. The van der Waals surface area contributed by atoms with Crippen LogP contribution >= 0.6 is 0 Å². The number of sulfonamides is 1. The number of carbonyl (C=O) groups excluding carboxylic acids is 1. The van der Waals surface area contributed by atoms with Gasteiger partial charge in [-0.1, -0.05) is 6.07 Å². The molecule has 7 heteroatoms. The fraction of sp³-hybridized carbons (Fsp3) is 0.682. The molecule has 29 heavy (non-hydrogen) atoms. The molecule has 6 nitrogen and oxygen atoms in total. The number of carbonyl (C=O) groups is 1. The molecular weight excluding hydrogens is 388 g/mol. The Hall–Kier alpha value is -1.44. The van der Waals surface area contributed by atoms with Gasteiger partial charge in [0.05, 0.1) is 4.90 Å². The molecule has 2 saturated heterocycles. The number of piperidine rings is 2. The van der Waals surface area contributed by atoms with Crippen molar-refractivity contribution in [3.8, 4) is 0 Å². The number of aryl methyl sites for hydroxylation is 2. The van der Waals surface area contributed by atoms with Gasteiger partial charge < -0.3 is 10.0 Å². The predicted octanol–water partition coefficient (Wildman–Crippen LogP) is 2.20. The van der Waals surface area contributed by atoms with Gasteiger partial charge in [-0.25, -0.2) is 8.42 Å². The lowest BCUT2D eigenvalue weighted by Gasteiger charge is -2.37. The largest absolute Gasteiger partial charge is 0.396 e. The zero-order chi connectivity index (χ0) is 20.4. The molecule has 2 aliphatic heterocycles. The van der Waals surface area contributed by atoms with Crippen molar-refractivity contribution >= 4 is 15.9 Å². The average Bonchev–Trinajstić information content (AvgIpc) is 2.78. The number of rotatable bonds is 4. The molecule has 1 aliphatic carbocycles. The van der Waals surface area contributed by atoms with Gasteiger partial charge in [0.15, 0.2) is 0 Å². The Morgan fingerprint density at radius 2 is 1.72 bits per heavy atom. The fourth-order valence-corrected chi connectivity index (χ4v) is 6.56. The minimum atomic E-state index is -3.51. The van der Waals surface area contributed by atoms with Crippen LogP contribution in [0, 0.1) is 11.8 Å². The maximum atomic E-state index is 13.1. The molecule has 0 bridgehead atoms. The van der Waals surface area contributed by atoms with Gasteiger partial charge in [0.1, 0.15) is 0 Å². The number of aliphatic hydroxyl groups is 1. The first-order chi connectivity index (χ1) is 14.0. The third-order valence-corrected chi connectivity index (χ3v) is 8.74. The third-order valence-electron chi connectivity index (χ3n) is 6.85. The number of benzene rings is 1. The second-order valence-corrected chi connectivity index (χ2v) is 10.7. The molecule has 1 aromatic carbocycles. The van der Waals surface area contributed by atoms with Crippen molar-refractivity contribution in [3.63, 3.8) is 0 Å². The molecule has 1 atom stereocenters. The Kier molecular flexibility index (Phi) is 6.27. The van der Waals surface area contributed by atoms with Crippen molar-refractivity contribution in [2.24, 2.45) is 11.8 Å². The molecule has 2 heterocycles. The Bertz CT molecular complexity index is 846. The van der Waals surface area contributed by atoms with E-state index in [2.05, 4.69) is 0 Å². The monoisotopic (exact) mass is 420 g/mol. The number of hydrogen-bond donors (Lipinski definition) is 1. The molecule has 3 aliphatic rings. The summed E-state index contributed by atoms with van der Waals surface area (Å²) in [5.41, 5.74) is 2.45. The van der Waals surface area contributed by atoms with Gasteiger partial charge in [-0.15, -0.1) is 0 Å². The second-order valence-electron chi connectivity index (χ2n) is 8.79. The molecule has 0 spiro atoms. The van der Waals surface area contributed by atoms with Gasteiger partial charge in [0.2, 0.25) is 15.9 Å². The topological polar surface area (TPSA) is 77.9 Å². The lowest BCUT2D eigenvalue weighted by molar-refractivity contribution is -0.138. The maximum Gasteiger partial charge on any atom is 0.243 e. The van der Waals surface area contributed by atoms with E-state index >= 15 is 0 Å². The standard InChI is InChI=1S/C22H32N2O4S/c25-16-17-4-3-11-23(15-17)22(26)19-9-12-24(13-10-19)29(27,28)21-8-7-18-5-1-2-6-20(18)14-21/h7-8,14,17,19,25H,1-6,9-13,15-16H2. The van der Waals surface area contributed by atoms with Gasteiger partial charge in [-0.3, -0.25) is 4.79 Å². The van der Waals surface area contributed by atoms with Crippen LogP contribution in [-0.4, -0.2) is 61.4 Å². The summed E-state index contributed by atoms with van der Waals surface area (Å²) in [5, 5.41) is 9.40. The number of likely N-dealkylation sites (tertiary alicyclic amines) is 1. The Morgan fingerprint density at radius 1 is 1.00 bits per heavy atom. The van der Waals surface area contributed by atoms with E-state index in [1.54, 1.807) is 10.4 Å². The first kappa shape index (κ1) is 20.8. The number of hydrogen-bond acceptors (Lipinski definition) is 4. The van der Waals surface area contributed by atoms with Gasteiger partial charge >= 0.3 is 0 Å². The number of nitrogens with zero attached hydrogens (tertiary/aromatic N) is 2. The summed E-state index contributed by atoms with van der Waals surface area (Å²) >= 11 is 0. The Morgan fingerprint density at radius 3 is 2.45 bits per heavy atom. The number of fused-ring (bicyclic) bond motifs is 1. The van der Waals surface area contributed by atoms with E-state index in [1.165, 1.54) is 17.5 Å². The van der Waals surface area contributed by atoms with E-state index in [4.69, 9.17) is 0 Å². The highest BCUT2D eigenvalue weighted by Gasteiger charge is 2.35. The summed E-state index contributed by atoms with van der Waals surface area (Å²) in [6, 6.07) is 5.59. The summed E-state index contributed by atoms with van der Waals surface area (Å²) in [5.74, 6) is 0.202. The smallest absolute Gasteiger partial charge is 0.243 e. The minimum Gasteiger partial charge on any atom is -0.396 e. The SMILES string of the molecule is O=C(C1CCN(S(=O)(=O)c2ccc3c(c2)CCCC3)CC1)N1CCCC(CO)C1. The molecule has 2 fully saturated rings. The molecule has 0 radical (unpaired) electrons. The van der Waals surface area contributed by atoms with Crippen molar-refractivity contribution in [2.75, 3.05) is 32.8 Å². The fourth-order valence-electron chi connectivity index (χ4n) is 5.03. The van der Waals surface area contributed by atoms with Crippen LogP contribution in [0.5, 0.6) is 0 Å². The molecule has 1 unspecified atom stereocenters. The molecule has 160 valence electrons. The first-order valence-corrected chi connectivity index (χ1v) is 12.4. The van der Waals surface area contributed by atoms with E-state index in [-0.39, 0.29) is 24.3 Å². The highest BCUT2D eigenvalue weighted by molar-refractivity contribution is 7.89. The summed E-state index contributed by atoms with van der Waals surface area (Å²) in [6.45, 7) is 2.30. The quantitative estimate of drug-likeness (QED) is 0.810. The van der Waals surface area contributed by atoms with Gasteiger partial charge in [-0.05, 0) is 80.5 Å². The molecule has 1 amide bonds. The van der Waals surface area contributed by atoms with E-state index in [0.29, 0.717) is 37.4 Å². The lowest BCUT2D eigenvalue weighted by Crippen LogP contribution is -2.47. The lowest BCUT2D eigenvalue weighted by atomic mass is 9.92. The van der Waals surface area contributed by atoms with Crippen molar-refractivity contribution in [3.05, 3.63) is 29.3 Å². The highest BCUT2D eigenvalue weighted by atomic mass is 32.2. The average molecular weight is 421 g/mol. The van der Waals surface area contributed by atoms with Crippen LogP contribution < -0.4 is 0 Å². The van der Waals surface area contributed by atoms with Crippen LogP contribution in [0.2, 0.25) is 0 Å². The summed E-state index contributed by atoms with van der Waals surface area (Å²) in [4.78, 5) is 15.1. The van der Waals surface area contributed by atoms with Crippen molar-refractivity contribution in [2.45, 2.75) is 56.3 Å². The number of amides is 1. The maximum absolute atomic E-state index is 13.1. The predicted molar refractivity (Wildman–Crippen MR) is 111 cm³/mol. The molecular formula is C22H32N2O4S. The summed E-state index contributed by atoms with van der Waals surface area (Å²) < 4.78 is 27.8. The normalized spacial score (nSPS) is 24.3. The van der Waals surface area contributed by atoms with E-state index < -0.39 is 10.0 Å². The minimum absolute atomic E-state index is 0.109. The zero-order valence-corrected chi connectivity index (χ0v) is 17.9. The Balaban J connectivity index is 1.39. The zero-order valence-electron chi connectivity index (χ0n) is 17.1. The van der Waals surface area contributed by atoms with Gasteiger partial charge in [-0.2, -0.15) is 4.31 Å². The summed E-state index contributed by atoms with van der Waals surface area (Å²) in [6.07, 6.45) is 7.35. The van der Waals surface area contributed by atoms with Crippen LogP contribution in [0.3, 0.4) is 0 Å². The van der Waals surface area contributed by atoms with Crippen molar-refractivity contribution in [1.29, 1.82) is 0 Å². The second kappa shape index (κ2) is 8.74. The van der Waals surface area contributed by atoms with E-state index in [1.807, 2.05) is 17.0 Å². The van der Waals surface area contributed by atoms with Crippen LogP contribution in [0.15, 0.2) is 23.1 Å². The molecule has 0 aromatic heterocycles.